The topological polar surface area (TPSA) is 41.1 Å². The minimum atomic E-state index is 0. The largest absolute Gasteiger partial charge is 0.326 e. The molecule has 1 atom stereocenters. The van der Waals surface area contributed by atoms with Crippen LogP contribution in [0.15, 0.2) is 18.2 Å². The Hall–Kier alpha value is -1.06. The summed E-state index contributed by atoms with van der Waals surface area (Å²) in [6.45, 7) is 6.23. The molecule has 1 saturated heterocycles. The molecular formula is C15H23ClN2O. The van der Waals surface area contributed by atoms with Gasteiger partial charge in [0, 0.05) is 12.1 Å². The van der Waals surface area contributed by atoms with E-state index in [1.165, 1.54) is 6.42 Å². The number of para-hydroxylation sites is 1. The summed E-state index contributed by atoms with van der Waals surface area (Å²) < 4.78 is 0. The Morgan fingerprint density at radius 3 is 2.63 bits per heavy atom. The zero-order valence-corrected chi connectivity index (χ0v) is 12.5. The van der Waals surface area contributed by atoms with Crippen molar-refractivity contribution in [1.82, 2.24) is 5.32 Å². The van der Waals surface area contributed by atoms with Crippen LogP contribution in [0.1, 0.15) is 30.4 Å². The molecule has 1 amide bonds. The molecule has 0 bridgehead atoms. The number of carbonyl (C=O) groups is 1. The van der Waals surface area contributed by atoms with Gasteiger partial charge in [-0.15, -0.1) is 12.4 Å². The highest BCUT2D eigenvalue weighted by atomic mass is 35.5. The van der Waals surface area contributed by atoms with Gasteiger partial charge in [0.2, 0.25) is 5.91 Å². The molecule has 1 aromatic carbocycles. The SMILES string of the molecule is Cc1cccc(C)c1NC(=O)CCC1CCNC1.Cl. The highest BCUT2D eigenvalue weighted by molar-refractivity contribution is 5.92. The van der Waals surface area contributed by atoms with Crippen molar-refractivity contribution in [2.75, 3.05) is 18.4 Å². The quantitative estimate of drug-likeness (QED) is 0.891. The van der Waals surface area contributed by atoms with Crippen molar-refractivity contribution in [1.29, 1.82) is 0 Å². The molecule has 1 heterocycles. The Balaban J connectivity index is 0.00000180. The second kappa shape index (κ2) is 7.51. The Morgan fingerprint density at radius 2 is 2.05 bits per heavy atom. The zero-order chi connectivity index (χ0) is 13.0. The summed E-state index contributed by atoms with van der Waals surface area (Å²) in [5.41, 5.74) is 3.24. The summed E-state index contributed by atoms with van der Waals surface area (Å²) in [7, 11) is 0. The van der Waals surface area contributed by atoms with Gasteiger partial charge in [0.1, 0.15) is 0 Å². The summed E-state index contributed by atoms with van der Waals surface area (Å²) in [6, 6.07) is 6.08. The van der Waals surface area contributed by atoms with Crippen LogP contribution in [0.4, 0.5) is 5.69 Å². The number of benzene rings is 1. The number of aryl methyl sites for hydroxylation is 2. The van der Waals surface area contributed by atoms with E-state index in [2.05, 4.69) is 10.6 Å². The van der Waals surface area contributed by atoms with Crippen LogP contribution < -0.4 is 10.6 Å². The number of nitrogens with one attached hydrogen (secondary N) is 2. The van der Waals surface area contributed by atoms with Crippen LogP contribution in [0.25, 0.3) is 0 Å². The van der Waals surface area contributed by atoms with E-state index in [-0.39, 0.29) is 18.3 Å². The molecule has 1 aromatic rings. The average Bonchev–Trinajstić information content (AvgIpc) is 2.84. The van der Waals surface area contributed by atoms with Crippen molar-refractivity contribution < 1.29 is 4.79 Å². The highest BCUT2D eigenvalue weighted by Crippen LogP contribution is 2.20. The minimum absolute atomic E-state index is 0. The molecule has 1 aliphatic heterocycles. The fraction of sp³-hybridized carbons (Fsp3) is 0.533. The predicted molar refractivity (Wildman–Crippen MR) is 82.0 cm³/mol. The van der Waals surface area contributed by atoms with E-state index in [0.29, 0.717) is 12.3 Å². The fourth-order valence-electron chi connectivity index (χ4n) is 2.51. The van der Waals surface area contributed by atoms with Gasteiger partial charge in [-0.3, -0.25) is 4.79 Å². The summed E-state index contributed by atoms with van der Waals surface area (Å²) in [6.07, 6.45) is 2.82. The fourth-order valence-corrected chi connectivity index (χ4v) is 2.51. The maximum absolute atomic E-state index is 11.9. The normalized spacial score (nSPS) is 17.9. The Labute approximate surface area is 121 Å². The van der Waals surface area contributed by atoms with Gasteiger partial charge in [-0.05, 0) is 56.8 Å². The first-order chi connectivity index (χ1) is 8.66. The number of rotatable bonds is 4. The number of hydrogen-bond donors (Lipinski definition) is 2. The van der Waals surface area contributed by atoms with Gasteiger partial charge in [-0.25, -0.2) is 0 Å². The Morgan fingerprint density at radius 1 is 1.37 bits per heavy atom. The first kappa shape index (κ1) is 16.0. The third-order valence-electron chi connectivity index (χ3n) is 3.69. The van der Waals surface area contributed by atoms with Crippen molar-refractivity contribution in [2.45, 2.75) is 33.1 Å². The lowest BCUT2D eigenvalue weighted by atomic mass is 10.0. The maximum Gasteiger partial charge on any atom is 0.224 e. The second-order valence-corrected chi connectivity index (χ2v) is 5.21. The standard InChI is InChI=1S/C15H22N2O.ClH/c1-11-4-3-5-12(2)15(11)17-14(18)7-6-13-8-9-16-10-13;/h3-5,13,16H,6-10H2,1-2H3,(H,17,18);1H. The van der Waals surface area contributed by atoms with Gasteiger partial charge >= 0.3 is 0 Å². The van der Waals surface area contributed by atoms with Gasteiger partial charge in [-0.1, -0.05) is 18.2 Å². The van der Waals surface area contributed by atoms with E-state index >= 15 is 0 Å². The van der Waals surface area contributed by atoms with Crippen LogP contribution in [0.5, 0.6) is 0 Å². The smallest absolute Gasteiger partial charge is 0.224 e. The first-order valence-corrected chi connectivity index (χ1v) is 6.73. The zero-order valence-electron chi connectivity index (χ0n) is 11.7. The lowest BCUT2D eigenvalue weighted by Crippen LogP contribution is -2.16. The summed E-state index contributed by atoms with van der Waals surface area (Å²) in [5.74, 6) is 0.813. The van der Waals surface area contributed by atoms with Crippen molar-refractivity contribution >= 4 is 24.0 Å². The molecule has 0 saturated carbocycles. The van der Waals surface area contributed by atoms with E-state index in [0.717, 1.165) is 36.3 Å². The number of anilines is 1. The minimum Gasteiger partial charge on any atom is -0.326 e. The second-order valence-electron chi connectivity index (χ2n) is 5.21. The van der Waals surface area contributed by atoms with Gasteiger partial charge in [-0.2, -0.15) is 0 Å². The molecule has 106 valence electrons. The Bertz CT molecular complexity index is 408. The van der Waals surface area contributed by atoms with Crippen LogP contribution in [-0.2, 0) is 4.79 Å². The monoisotopic (exact) mass is 282 g/mol. The van der Waals surface area contributed by atoms with Gasteiger partial charge in [0.25, 0.3) is 0 Å². The maximum atomic E-state index is 11.9. The summed E-state index contributed by atoms with van der Waals surface area (Å²) in [5, 5.41) is 6.38. The van der Waals surface area contributed by atoms with Gasteiger partial charge in [0.05, 0.1) is 0 Å². The lowest BCUT2D eigenvalue weighted by molar-refractivity contribution is -0.116. The summed E-state index contributed by atoms with van der Waals surface area (Å²) >= 11 is 0. The van der Waals surface area contributed by atoms with Crippen LogP contribution in [0.2, 0.25) is 0 Å². The van der Waals surface area contributed by atoms with Crippen molar-refractivity contribution in [2.24, 2.45) is 5.92 Å². The molecule has 0 aromatic heterocycles. The molecule has 2 N–H and O–H groups in total. The molecule has 1 fully saturated rings. The average molecular weight is 283 g/mol. The van der Waals surface area contributed by atoms with Gasteiger partial charge < -0.3 is 10.6 Å². The first-order valence-electron chi connectivity index (χ1n) is 6.73. The molecular weight excluding hydrogens is 260 g/mol. The molecule has 19 heavy (non-hydrogen) atoms. The van der Waals surface area contributed by atoms with Crippen molar-refractivity contribution in [3.05, 3.63) is 29.3 Å². The number of hydrogen-bond acceptors (Lipinski definition) is 2. The van der Waals surface area contributed by atoms with E-state index in [1.807, 2.05) is 32.0 Å². The highest BCUT2D eigenvalue weighted by Gasteiger charge is 2.16. The molecule has 1 aliphatic rings. The molecule has 3 nitrogen and oxygen atoms in total. The number of carbonyl (C=O) groups excluding carboxylic acids is 1. The van der Waals surface area contributed by atoms with E-state index < -0.39 is 0 Å². The molecule has 0 spiro atoms. The third-order valence-corrected chi connectivity index (χ3v) is 3.69. The van der Waals surface area contributed by atoms with Gasteiger partial charge in [0.15, 0.2) is 0 Å². The molecule has 0 radical (unpaired) electrons. The van der Waals surface area contributed by atoms with Crippen LogP contribution in [-0.4, -0.2) is 19.0 Å². The van der Waals surface area contributed by atoms with Crippen LogP contribution in [0.3, 0.4) is 0 Å². The van der Waals surface area contributed by atoms with Crippen molar-refractivity contribution in [3.63, 3.8) is 0 Å². The van der Waals surface area contributed by atoms with Crippen LogP contribution in [0, 0.1) is 19.8 Å². The molecule has 4 heteroatoms. The predicted octanol–water partition coefficient (Wildman–Crippen LogP) is 3.05. The number of amides is 1. The van der Waals surface area contributed by atoms with E-state index in [9.17, 15) is 4.79 Å². The summed E-state index contributed by atoms with van der Waals surface area (Å²) in [4.78, 5) is 11.9. The van der Waals surface area contributed by atoms with Crippen molar-refractivity contribution in [3.8, 4) is 0 Å². The molecule has 1 unspecified atom stereocenters. The van der Waals surface area contributed by atoms with E-state index in [1.54, 1.807) is 0 Å². The van der Waals surface area contributed by atoms with Crippen LogP contribution >= 0.6 is 12.4 Å². The molecule has 2 rings (SSSR count). The number of halogens is 1. The Kier molecular flexibility index (Phi) is 6.32. The lowest BCUT2D eigenvalue weighted by Gasteiger charge is -2.12. The van der Waals surface area contributed by atoms with E-state index in [4.69, 9.17) is 0 Å². The third kappa shape index (κ3) is 4.51. The molecule has 0 aliphatic carbocycles.